The van der Waals surface area contributed by atoms with Crippen LogP contribution in [0.25, 0.3) is 22.4 Å². The maximum atomic E-state index is 13.3. The van der Waals surface area contributed by atoms with Gasteiger partial charge in [-0.2, -0.15) is 0 Å². The number of benzene rings is 2. The SMILES string of the molecule is COc1cccc(OC)c1-c1c(O)cc(=O)[nH]c1-c1ccc(F)cc1. The molecule has 25 heavy (non-hydrogen) atoms. The molecule has 2 aromatic carbocycles. The molecule has 0 spiro atoms. The predicted molar refractivity (Wildman–Crippen MR) is 92.7 cm³/mol. The molecule has 3 aromatic rings. The predicted octanol–water partition coefficient (Wildman–Crippen LogP) is 3.57. The van der Waals surface area contributed by atoms with Crippen LogP contribution in [0.2, 0.25) is 0 Å². The van der Waals surface area contributed by atoms with Crippen molar-refractivity contribution in [1.82, 2.24) is 4.98 Å². The van der Waals surface area contributed by atoms with Crippen LogP contribution in [0.4, 0.5) is 4.39 Å². The summed E-state index contributed by atoms with van der Waals surface area (Å²) in [5.41, 5.74) is 1.22. The van der Waals surface area contributed by atoms with Crippen LogP contribution in [-0.2, 0) is 0 Å². The molecule has 0 saturated carbocycles. The number of ether oxygens (including phenoxy) is 2. The van der Waals surface area contributed by atoms with Gasteiger partial charge in [0.25, 0.3) is 5.56 Å². The number of methoxy groups -OCH3 is 2. The van der Waals surface area contributed by atoms with E-state index in [1.807, 2.05) is 0 Å². The standard InChI is InChI=1S/C19H16FNO4/c1-24-14-4-3-5-15(25-2)18(14)17-13(22)10-16(23)21-19(17)11-6-8-12(20)9-7-11/h3-10H,1-2H3,(H2,21,22,23). The minimum atomic E-state index is -0.477. The second-order valence-electron chi connectivity index (χ2n) is 5.31. The van der Waals surface area contributed by atoms with Crippen LogP contribution in [0.3, 0.4) is 0 Å². The van der Waals surface area contributed by atoms with Crippen molar-refractivity contribution in [3.05, 3.63) is 64.7 Å². The summed E-state index contributed by atoms with van der Waals surface area (Å²) in [6.45, 7) is 0. The summed E-state index contributed by atoms with van der Waals surface area (Å²) in [5.74, 6) is 0.295. The Bertz CT molecular complexity index is 942. The van der Waals surface area contributed by atoms with Gasteiger partial charge in [-0.25, -0.2) is 4.39 Å². The number of aromatic nitrogens is 1. The molecule has 6 heteroatoms. The van der Waals surface area contributed by atoms with E-state index in [-0.39, 0.29) is 5.75 Å². The van der Waals surface area contributed by atoms with Gasteiger partial charge < -0.3 is 19.6 Å². The summed E-state index contributed by atoms with van der Waals surface area (Å²) in [6, 6.07) is 11.9. The average Bonchev–Trinajstić information content (AvgIpc) is 2.61. The molecule has 0 saturated heterocycles. The molecule has 0 aliphatic heterocycles. The number of aromatic amines is 1. The zero-order valence-electron chi connectivity index (χ0n) is 13.7. The highest BCUT2D eigenvalue weighted by molar-refractivity contribution is 5.90. The minimum absolute atomic E-state index is 0.231. The second kappa shape index (κ2) is 6.68. The van der Waals surface area contributed by atoms with Crippen LogP contribution in [0.1, 0.15) is 0 Å². The van der Waals surface area contributed by atoms with Crippen molar-refractivity contribution in [1.29, 1.82) is 0 Å². The first-order valence-corrected chi connectivity index (χ1v) is 7.48. The highest BCUT2D eigenvalue weighted by Gasteiger charge is 2.21. The van der Waals surface area contributed by atoms with Crippen molar-refractivity contribution in [2.24, 2.45) is 0 Å². The van der Waals surface area contributed by atoms with E-state index in [0.717, 1.165) is 6.07 Å². The summed E-state index contributed by atoms with van der Waals surface area (Å²) in [7, 11) is 3.00. The summed E-state index contributed by atoms with van der Waals surface area (Å²) in [4.78, 5) is 14.6. The first kappa shape index (κ1) is 16.6. The highest BCUT2D eigenvalue weighted by atomic mass is 19.1. The van der Waals surface area contributed by atoms with Gasteiger partial charge in [0, 0.05) is 6.07 Å². The monoisotopic (exact) mass is 341 g/mol. The van der Waals surface area contributed by atoms with E-state index >= 15 is 0 Å². The summed E-state index contributed by atoms with van der Waals surface area (Å²) in [5, 5.41) is 10.5. The molecule has 1 heterocycles. The zero-order chi connectivity index (χ0) is 18.0. The molecule has 0 fully saturated rings. The Morgan fingerprint density at radius 1 is 0.960 bits per heavy atom. The number of H-pyrrole nitrogens is 1. The van der Waals surface area contributed by atoms with Crippen molar-refractivity contribution in [2.45, 2.75) is 0 Å². The first-order valence-electron chi connectivity index (χ1n) is 7.48. The summed E-state index contributed by atoms with van der Waals surface area (Å²) < 4.78 is 24.0. The Labute approximate surface area is 143 Å². The molecule has 2 N–H and O–H groups in total. The van der Waals surface area contributed by atoms with E-state index in [2.05, 4.69) is 4.98 Å². The van der Waals surface area contributed by atoms with Gasteiger partial charge in [-0.3, -0.25) is 4.79 Å². The maximum Gasteiger partial charge on any atom is 0.252 e. The van der Waals surface area contributed by atoms with Crippen molar-refractivity contribution >= 4 is 0 Å². The third-order valence-electron chi connectivity index (χ3n) is 3.83. The fourth-order valence-corrected chi connectivity index (χ4v) is 2.73. The molecule has 0 aliphatic carbocycles. The normalized spacial score (nSPS) is 10.5. The maximum absolute atomic E-state index is 13.3. The van der Waals surface area contributed by atoms with Crippen LogP contribution >= 0.6 is 0 Å². The Balaban J connectivity index is 2.38. The van der Waals surface area contributed by atoms with Crippen LogP contribution in [0.5, 0.6) is 17.2 Å². The number of pyridine rings is 1. The Morgan fingerprint density at radius 2 is 1.56 bits per heavy atom. The number of hydrogen-bond acceptors (Lipinski definition) is 4. The molecule has 128 valence electrons. The lowest BCUT2D eigenvalue weighted by molar-refractivity contribution is 0.396. The number of halogens is 1. The van der Waals surface area contributed by atoms with Crippen LogP contribution in [0, 0.1) is 5.82 Å². The lowest BCUT2D eigenvalue weighted by Gasteiger charge is -2.17. The van der Waals surface area contributed by atoms with E-state index in [4.69, 9.17) is 9.47 Å². The Hall–Kier alpha value is -3.28. The quantitative estimate of drug-likeness (QED) is 0.761. The van der Waals surface area contributed by atoms with Crippen LogP contribution in [-0.4, -0.2) is 24.3 Å². The van der Waals surface area contributed by atoms with Gasteiger partial charge in [0.05, 0.1) is 31.0 Å². The molecule has 0 bridgehead atoms. The minimum Gasteiger partial charge on any atom is -0.507 e. The van der Waals surface area contributed by atoms with Gasteiger partial charge in [-0.1, -0.05) is 6.07 Å². The van der Waals surface area contributed by atoms with Crippen LogP contribution < -0.4 is 15.0 Å². The fourth-order valence-electron chi connectivity index (χ4n) is 2.73. The molecular formula is C19H16FNO4. The molecule has 0 unspecified atom stereocenters. The van der Waals surface area contributed by atoms with E-state index in [1.54, 1.807) is 18.2 Å². The van der Waals surface area contributed by atoms with Gasteiger partial charge in [0.15, 0.2) is 0 Å². The molecule has 1 aromatic heterocycles. The van der Waals surface area contributed by atoms with Gasteiger partial charge in [0.2, 0.25) is 0 Å². The second-order valence-corrected chi connectivity index (χ2v) is 5.31. The van der Waals surface area contributed by atoms with Crippen molar-refractivity contribution < 1.29 is 19.0 Å². The third kappa shape index (κ3) is 3.06. The average molecular weight is 341 g/mol. The number of rotatable bonds is 4. The van der Waals surface area contributed by atoms with Gasteiger partial charge in [-0.05, 0) is 42.0 Å². The van der Waals surface area contributed by atoms with Crippen molar-refractivity contribution in [3.63, 3.8) is 0 Å². The van der Waals surface area contributed by atoms with E-state index in [9.17, 15) is 14.3 Å². The number of nitrogens with one attached hydrogen (secondary N) is 1. The van der Waals surface area contributed by atoms with E-state index in [1.165, 1.54) is 38.5 Å². The van der Waals surface area contributed by atoms with Gasteiger partial charge in [0.1, 0.15) is 23.1 Å². The first-order chi connectivity index (χ1) is 12.0. The summed E-state index contributed by atoms with van der Waals surface area (Å²) in [6.07, 6.45) is 0. The zero-order valence-corrected chi connectivity index (χ0v) is 13.7. The molecule has 3 rings (SSSR count). The lowest BCUT2D eigenvalue weighted by atomic mass is 9.96. The molecule has 0 radical (unpaired) electrons. The summed E-state index contributed by atoms with van der Waals surface area (Å²) >= 11 is 0. The lowest BCUT2D eigenvalue weighted by Crippen LogP contribution is -2.07. The largest absolute Gasteiger partial charge is 0.507 e. The smallest absolute Gasteiger partial charge is 0.252 e. The Kier molecular flexibility index (Phi) is 4.43. The van der Waals surface area contributed by atoms with Gasteiger partial charge >= 0.3 is 0 Å². The number of hydrogen-bond donors (Lipinski definition) is 2. The third-order valence-corrected chi connectivity index (χ3v) is 3.83. The molecular weight excluding hydrogens is 325 g/mol. The van der Waals surface area contributed by atoms with E-state index < -0.39 is 11.4 Å². The Morgan fingerprint density at radius 3 is 2.12 bits per heavy atom. The van der Waals surface area contributed by atoms with Crippen molar-refractivity contribution in [2.75, 3.05) is 14.2 Å². The molecule has 5 nitrogen and oxygen atoms in total. The van der Waals surface area contributed by atoms with Crippen molar-refractivity contribution in [3.8, 4) is 39.6 Å². The molecule has 0 amide bonds. The number of aromatic hydroxyl groups is 1. The van der Waals surface area contributed by atoms with E-state index in [0.29, 0.717) is 33.9 Å². The van der Waals surface area contributed by atoms with Gasteiger partial charge in [-0.15, -0.1) is 0 Å². The highest BCUT2D eigenvalue weighted by Crippen LogP contribution is 2.45. The fraction of sp³-hybridized carbons (Fsp3) is 0.105. The van der Waals surface area contributed by atoms with Crippen LogP contribution in [0.15, 0.2) is 53.3 Å². The molecule has 0 aliphatic rings. The topological polar surface area (TPSA) is 71.5 Å². The molecule has 0 atom stereocenters.